The molecule has 3 heterocycles. The van der Waals surface area contributed by atoms with Gasteiger partial charge < -0.3 is 11.1 Å². The number of aromatic nitrogens is 2. The molecule has 0 radical (unpaired) electrons. The molecule has 0 saturated heterocycles. The Morgan fingerprint density at radius 3 is 3.07 bits per heavy atom. The van der Waals surface area contributed by atoms with Gasteiger partial charge in [-0.15, -0.1) is 0 Å². The highest BCUT2D eigenvalue weighted by Gasteiger charge is 2.43. The van der Waals surface area contributed by atoms with Gasteiger partial charge in [-0.05, 0) is 38.3 Å². The summed E-state index contributed by atoms with van der Waals surface area (Å²) in [5.74, 6) is 2.63. The molecule has 150 valence electrons. The van der Waals surface area contributed by atoms with E-state index in [1.165, 1.54) is 6.92 Å². The zero-order valence-electron chi connectivity index (χ0n) is 16.2. The van der Waals surface area contributed by atoms with Crippen molar-refractivity contribution >= 4 is 32.1 Å². The largest absolute Gasteiger partial charge is 0.343 e. The third kappa shape index (κ3) is 3.71. The summed E-state index contributed by atoms with van der Waals surface area (Å²) in [7, 11) is 2.36. The second-order valence-electron chi connectivity index (χ2n) is 7.71. The molecule has 1 aliphatic heterocycles. The Kier molecular flexibility index (Phi) is 5.24. The lowest BCUT2D eigenvalue weighted by atomic mass is 9.80. The summed E-state index contributed by atoms with van der Waals surface area (Å²) in [5, 5.41) is 7.14. The van der Waals surface area contributed by atoms with Crippen molar-refractivity contribution in [3.05, 3.63) is 41.7 Å². The highest BCUT2D eigenvalue weighted by atomic mass is 31.0. The molecule has 4 unspecified atom stereocenters. The molecular weight excluding hydrogens is 388 g/mol. The van der Waals surface area contributed by atoms with E-state index in [1.54, 1.807) is 10.7 Å². The van der Waals surface area contributed by atoms with Gasteiger partial charge in [0.2, 0.25) is 0 Å². The highest BCUT2D eigenvalue weighted by molar-refractivity contribution is 7.23. The van der Waals surface area contributed by atoms with Crippen molar-refractivity contribution in [2.24, 2.45) is 10.7 Å². The van der Waals surface area contributed by atoms with Crippen LogP contribution in [-0.2, 0) is 4.79 Å². The average molecular weight is 411 g/mol. The third-order valence-electron chi connectivity index (χ3n) is 5.61. The lowest BCUT2D eigenvalue weighted by Gasteiger charge is -2.39. The first kappa shape index (κ1) is 19.8. The van der Waals surface area contributed by atoms with E-state index < -0.39 is 23.7 Å². The normalized spacial score (nSPS) is 26.8. The number of carbonyl (C=O) groups is 1. The van der Waals surface area contributed by atoms with Gasteiger partial charge in [-0.1, -0.05) is 26.9 Å². The predicted molar refractivity (Wildman–Crippen MR) is 115 cm³/mol. The predicted octanol–water partition coefficient (Wildman–Crippen LogP) is 2.45. The van der Waals surface area contributed by atoms with Crippen LogP contribution in [0.2, 0.25) is 0 Å². The quantitative estimate of drug-likeness (QED) is 0.601. The first-order valence-electron chi connectivity index (χ1n) is 9.61. The number of rotatable bonds is 3. The van der Waals surface area contributed by atoms with Crippen molar-refractivity contribution in [3.63, 3.8) is 0 Å². The van der Waals surface area contributed by atoms with E-state index in [2.05, 4.69) is 36.2 Å². The molecule has 8 heteroatoms. The minimum atomic E-state index is -1.53. The zero-order chi connectivity index (χ0) is 20.6. The molecular formula is C21H23FN5OP. The number of nitrogens with zero attached hydrogens (tertiary/aromatic N) is 3. The van der Waals surface area contributed by atoms with Crippen LogP contribution in [0.1, 0.15) is 38.2 Å². The number of hydrogen-bond acceptors (Lipinski definition) is 4. The van der Waals surface area contributed by atoms with Gasteiger partial charge in [-0.3, -0.25) is 4.79 Å². The first-order valence-corrected chi connectivity index (χ1v) is 10.2. The second kappa shape index (κ2) is 7.70. The van der Waals surface area contributed by atoms with E-state index in [9.17, 15) is 9.18 Å². The Morgan fingerprint density at radius 1 is 1.48 bits per heavy atom. The number of halogens is 1. The zero-order valence-corrected chi connectivity index (χ0v) is 17.3. The van der Waals surface area contributed by atoms with Crippen LogP contribution < -0.4 is 11.1 Å². The fraction of sp³-hybridized carbons (Fsp3) is 0.381. The second-order valence-corrected chi connectivity index (χ2v) is 7.99. The highest BCUT2D eigenvalue weighted by Crippen LogP contribution is 2.33. The van der Waals surface area contributed by atoms with Crippen LogP contribution in [0.25, 0.3) is 11.2 Å². The number of fused-ring (bicyclic) bond motifs is 1. The molecule has 2 aromatic rings. The third-order valence-corrected chi connectivity index (χ3v) is 5.75. The van der Waals surface area contributed by atoms with E-state index in [0.717, 1.165) is 23.1 Å². The number of alkyl halides is 1. The van der Waals surface area contributed by atoms with Crippen LogP contribution in [-0.4, -0.2) is 39.0 Å². The lowest BCUT2D eigenvalue weighted by molar-refractivity contribution is -0.117. The van der Waals surface area contributed by atoms with Crippen molar-refractivity contribution in [3.8, 4) is 11.6 Å². The van der Waals surface area contributed by atoms with Crippen LogP contribution in [0.3, 0.4) is 0 Å². The molecule has 1 aliphatic carbocycles. The van der Waals surface area contributed by atoms with E-state index in [-0.39, 0.29) is 6.42 Å². The molecule has 4 rings (SSSR count). The molecule has 2 aromatic heterocycles. The minimum absolute atomic E-state index is 0.289. The first-order chi connectivity index (χ1) is 13.9. The van der Waals surface area contributed by atoms with Crippen molar-refractivity contribution in [1.29, 1.82) is 0 Å². The van der Waals surface area contributed by atoms with Crippen LogP contribution in [0.5, 0.6) is 0 Å². The Balaban J connectivity index is 1.64. The molecule has 1 fully saturated rings. The van der Waals surface area contributed by atoms with Gasteiger partial charge in [-0.2, -0.15) is 5.10 Å². The number of aliphatic imine (C=N–C) groups is 1. The van der Waals surface area contributed by atoms with Crippen molar-refractivity contribution in [2.45, 2.75) is 50.4 Å². The van der Waals surface area contributed by atoms with E-state index >= 15 is 0 Å². The van der Waals surface area contributed by atoms with Crippen molar-refractivity contribution in [2.75, 3.05) is 0 Å². The monoisotopic (exact) mass is 411 g/mol. The molecule has 2 aliphatic rings. The average Bonchev–Trinajstić information content (AvgIpc) is 3.29. The Hall–Kier alpha value is -2.55. The van der Waals surface area contributed by atoms with E-state index in [1.807, 2.05) is 24.4 Å². The maximum absolute atomic E-state index is 14.9. The van der Waals surface area contributed by atoms with E-state index in [0.29, 0.717) is 24.3 Å². The summed E-state index contributed by atoms with van der Waals surface area (Å²) < 4.78 is 16.7. The smallest absolute Gasteiger partial charge is 0.266 e. The lowest BCUT2D eigenvalue weighted by Crippen LogP contribution is -2.61. The molecule has 6 nitrogen and oxygen atoms in total. The van der Waals surface area contributed by atoms with Crippen LogP contribution in [0, 0.1) is 11.6 Å². The Morgan fingerprint density at radius 2 is 2.31 bits per heavy atom. The number of hydrogen-bond donors (Lipinski definition) is 2. The van der Waals surface area contributed by atoms with Crippen molar-refractivity contribution in [1.82, 2.24) is 14.9 Å². The number of amides is 1. The molecule has 1 amide bonds. The topological polar surface area (TPSA) is 84.8 Å². The number of allylic oxidation sites excluding steroid dienone is 1. The van der Waals surface area contributed by atoms with Gasteiger partial charge >= 0.3 is 0 Å². The van der Waals surface area contributed by atoms with Crippen LogP contribution in [0.15, 0.2) is 41.2 Å². The van der Waals surface area contributed by atoms with Crippen LogP contribution in [0.4, 0.5) is 4.39 Å². The Labute approximate surface area is 171 Å². The fourth-order valence-electron chi connectivity index (χ4n) is 4.09. The summed E-state index contributed by atoms with van der Waals surface area (Å²) >= 11 is 0. The molecule has 0 bridgehead atoms. The van der Waals surface area contributed by atoms with Crippen LogP contribution >= 0.6 is 9.24 Å². The number of nitrogens with one attached hydrogen (secondary N) is 1. The fourth-order valence-corrected chi connectivity index (χ4v) is 4.26. The summed E-state index contributed by atoms with van der Waals surface area (Å²) in [6.07, 6.45) is 5.64. The molecule has 4 atom stereocenters. The molecule has 1 saturated carbocycles. The summed E-state index contributed by atoms with van der Waals surface area (Å²) in [6, 6.07) is 4.59. The maximum Gasteiger partial charge on any atom is 0.266 e. The van der Waals surface area contributed by atoms with Gasteiger partial charge in [0.1, 0.15) is 11.4 Å². The number of carbonyl (C=O) groups excluding carboxylic acids is 1. The SMILES string of the molecule is CC1(F)CCCC(N)C1NC(=O)C1=NC(c2cnn3ccccc23)=C(C#CP)C1. The summed E-state index contributed by atoms with van der Waals surface area (Å²) in [4.78, 5) is 17.5. The number of pyridine rings is 1. The number of nitrogens with two attached hydrogens (primary N) is 1. The Bertz CT molecular complexity index is 1090. The molecule has 3 N–H and O–H groups in total. The van der Waals surface area contributed by atoms with Gasteiger partial charge in [0.15, 0.2) is 0 Å². The van der Waals surface area contributed by atoms with Crippen molar-refractivity contribution < 1.29 is 9.18 Å². The molecule has 0 spiro atoms. The minimum Gasteiger partial charge on any atom is -0.343 e. The standard InChI is InChI=1S/C21H23FN5OP/c1-21(22)8-4-5-15(23)19(21)26-20(28)16-11-13(7-10-29)18(25-16)14-12-24-27-9-3-2-6-17(14)27/h2-3,6,9,12,15,19H,4-5,8,11,23,29H2,1H3,(H,26,28). The summed E-state index contributed by atoms with van der Waals surface area (Å²) in [5.41, 5.74) is 10.7. The van der Waals surface area contributed by atoms with Gasteiger partial charge in [0, 0.05) is 29.8 Å². The molecule has 0 aromatic carbocycles. The maximum atomic E-state index is 14.9. The molecule has 29 heavy (non-hydrogen) atoms. The summed E-state index contributed by atoms with van der Waals surface area (Å²) in [6.45, 7) is 1.50. The van der Waals surface area contributed by atoms with Gasteiger partial charge in [-0.25, -0.2) is 13.9 Å². The van der Waals surface area contributed by atoms with Gasteiger partial charge in [0.05, 0.1) is 23.5 Å². The van der Waals surface area contributed by atoms with E-state index in [4.69, 9.17) is 5.73 Å². The van der Waals surface area contributed by atoms with Gasteiger partial charge in [0.25, 0.3) is 5.91 Å².